The van der Waals surface area contributed by atoms with Crippen LogP contribution in [-0.2, 0) is 6.54 Å². The Morgan fingerprint density at radius 3 is 2.88 bits per heavy atom. The SMILES string of the molecule is N=C/C(=C\N)c1cnc2c(c1)N(Cc1c(F)ccc(F)c1Cl)CCN2. The van der Waals surface area contributed by atoms with E-state index in [0.29, 0.717) is 35.7 Å². The number of nitrogens with zero attached hydrogens (tertiary/aromatic N) is 2. The summed E-state index contributed by atoms with van der Waals surface area (Å²) < 4.78 is 27.8. The lowest BCUT2D eigenvalue weighted by atomic mass is 10.1. The molecule has 0 bridgehead atoms. The van der Waals surface area contributed by atoms with Gasteiger partial charge in [0.05, 0.1) is 10.7 Å². The third kappa shape index (κ3) is 3.28. The number of hydrogen-bond donors (Lipinski definition) is 3. The molecule has 1 aromatic carbocycles. The van der Waals surface area contributed by atoms with Gasteiger partial charge in [0.15, 0.2) is 0 Å². The van der Waals surface area contributed by atoms with Gasteiger partial charge in [-0.3, -0.25) is 0 Å². The average molecular weight is 364 g/mol. The van der Waals surface area contributed by atoms with Crippen molar-refractivity contribution in [2.24, 2.45) is 5.73 Å². The maximum Gasteiger partial charge on any atom is 0.149 e. The van der Waals surface area contributed by atoms with Crippen molar-refractivity contribution in [1.29, 1.82) is 5.41 Å². The predicted molar refractivity (Wildman–Crippen MR) is 96.1 cm³/mol. The zero-order valence-electron chi connectivity index (χ0n) is 13.2. The summed E-state index contributed by atoms with van der Waals surface area (Å²) in [6.45, 7) is 1.28. The van der Waals surface area contributed by atoms with Crippen molar-refractivity contribution in [3.63, 3.8) is 0 Å². The van der Waals surface area contributed by atoms with Crippen LogP contribution in [-0.4, -0.2) is 24.3 Å². The molecule has 1 aliphatic heterocycles. The molecule has 0 saturated carbocycles. The second-order valence-corrected chi connectivity index (χ2v) is 5.91. The summed E-state index contributed by atoms with van der Waals surface area (Å²) in [7, 11) is 0. The number of pyridine rings is 1. The van der Waals surface area contributed by atoms with E-state index in [1.807, 2.05) is 11.0 Å². The smallest absolute Gasteiger partial charge is 0.149 e. The van der Waals surface area contributed by atoms with Crippen molar-refractivity contribution in [3.05, 3.63) is 58.4 Å². The maximum absolute atomic E-state index is 14.1. The highest BCUT2D eigenvalue weighted by molar-refractivity contribution is 6.31. The van der Waals surface area contributed by atoms with E-state index >= 15 is 0 Å². The number of fused-ring (bicyclic) bond motifs is 1. The number of halogens is 3. The molecule has 25 heavy (non-hydrogen) atoms. The Kier molecular flexibility index (Phi) is 4.85. The number of nitrogens with one attached hydrogen (secondary N) is 2. The molecule has 0 spiro atoms. The van der Waals surface area contributed by atoms with Crippen molar-refractivity contribution in [2.45, 2.75) is 6.54 Å². The first kappa shape index (κ1) is 17.2. The molecule has 0 unspecified atom stereocenters. The van der Waals surface area contributed by atoms with E-state index in [2.05, 4.69) is 10.3 Å². The van der Waals surface area contributed by atoms with Crippen LogP contribution in [0.25, 0.3) is 5.57 Å². The molecular weight excluding hydrogens is 348 g/mol. The highest BCUT2D eigenvalue weighted by Crippen LogP contribution is 2.33. The maximum atomic E-state index is 14.1. The molecule has 0 atom stereocenters. The van der Waals surface area contributed by atoms with Gasteiger partial charge in [-0.15, -0.1) is 0 Å². The lowest BCUT2D eigenvalue weighted by Gasteiger charge is -2.32. The van der Waals surface area contributed by atoms with Crippen molar-refractivity contribution < 1.29 is 8.78 Å². The highest BCUT2D eigenvalue weighted by Gasteiger charge is 2.22. The van der Waals surface area contributed by atoms with Gasteiger partial charge in [0.1, 0.15) is 17.5 Å². The van der Waals surface area contributed by atoms with Gasteiger partial charge in [-0.2, -0.15) is 0 Å². The largest absolute Gasteiger partial charge is 0.404 e. The second kappa shape index (κ2) is 7.06. The summed E-state index contributed by atoms with van der Waals surface area (Å²) in [5.41, 5.74) is 7.51. The van der Waals surface area contributed by atoms with Crippen LogP contribution in [0, 0.1) is 17.0 Å². The summed E-state index contributed by atoms with van der Waals surface area (Å²) in [5, 5.41) is 10.4. The molecule has 3 rings (SSSR count). The Balaban J connectivity index is 2.00. The van der Waals surface area contributed by atoms with Gasteiger partial charge in [-0.25, -0.2) is 13.8 Å². The minimum absolute atomic E-state index is 0.0987. The lowest BCUT2D eigenvalue weighted by Crippen LogP contribution is -2.34. The first-order valence-corrected chi connectivity index (χ1v) is 7.97. The van der Waals surface area contributed by atoms with Crippen LogP contribution in [0.15, 0.2) is 30.6 Å². The van der Waals surface area contributed by atoms with E-state index in [4.69, 9.17) is 22.7 Å². The number of benzene rings is 1. The molecule has 1 aromatic heterocycles. The first-order valence-electron chi connectivity index (χ1n) is 7.59. The number of hydrogen-bond acceptors (Lipinski definition) is 5. The molecule has 0 radical (unpaired) electrons. The molecule has 2 heterocycles. The number of aromatic nitrogens is 1. The number of nitrogens with two attached hydrogens (primary N) is 1. The molecule has 0 aliphatic carbocycles. The summed E-state index contributed by atoms with van der Waals surface area (Å²) in [6.07, 6.45) is 4.06. The molecule has 130 valence electrons. The number of allylic oxidation sites excluding steroid dienone is 1. The third-order valence-corrected chi connectivity index (χ3v) is 4.45. The Bertz CT molecular complexity index is 853. The van der Waals surface area contributed by atoms with Crippen LogP contribution in [0.2, 0.25) is 5.02 Å². The van der Waals surface area contributed by atoms with E-state index in [1.165, 1.54) is 6.20 Å². The molecule has 0 saturated heterocycles. The minimum atomic E-state index is -0.655. The van der Waals surface area contributed by atoms with Crippen molar-refractivity contribution >= 4 is 34.9 Å². The van der Waals surface area contributed by atoms with Gasteiger partial charge in [-0.1, -0.05) is 11.6 Å². The van der Waals surface area contributed by atoms with Crippen LogP contribution < -0.4 is 16.0 Å². The average Bonchev–Trinajstić information content (AvgIpc) is 2.63. The van der Waals surface area contributed by atoms with E-state index in [9.17, 15) is 8.78 Å². The molecule has 4 N–H and O–H groups in total. The molecular formula is C17H16ClF2N5. The van der Waals surface area contributed by atoms with Crippen LogP contribution in [0.1, 0.15) is 11.1 Å². The Morgan fingerprint density at radius 1 is 1.40 bits per heavy atom. The summed E-state index contributed by atoms with van der Waals surface area (Å²) in [4.78, 5) is 6.20. The summed E-state index contributed by atoms with van der Waals surface area (Å²) >= 11 is 5.94. The Hall–Kier alpha value is -2.67. The predicted octanol–water partition coefficient (Wildman–Crippen LogP) is 3.39. The first-order chi connectivity index (χ1) is 12.0. The third-order valence-electron chi connectivity index (χ3n) is 4.04. The quantitative estimate of drug-likeness (QED) is 0.574. The lowest BCUT2D eigenvalue weighted by molar-refractivity contribution is 0.581. The fourth-order valence-electron chi connectivity index (χ4n) is 2.71. The zero-order chi connectivity index (χ0) is 18.0. The van der Waals surface area contributed by atoms with E-state index in [-0.39, 0.29) is 17.1 Å². The van der Waals surface area contributed by atoms with E-state index in [1.54, 1.807) is 6.20 Å². The van der Waals surface area contributed by atoms with E-state index in [0.717, 1.165) is 18.3 Å². The number of rotatable bonds is 4. The molecule has 0 amide bonds. The van der Waals surface area contributed by atoms with Gasteiger partial charge >= 0.3 is 0 Å². The van der Waals surface area contributed by atoms with Crippen LogP contribution in [0.4, 0.5) is 20.3 Å². The standard InChI is InChI=1S/C17H16ClF2N5/c18-16-12(13(19)1-2-14(16)20)9-25-4-3-23-17-15(25)5-10(8-24-17)11(6-21)7-22/h1-2,5-8,21H,3-4,9,22H2,(H,23,24)/b11-7+,21-6?. The van der Waals surface area contributed by atoms with Crippen LogP contribution in [0.5, 0.6) is 0 Å². The fourth-order valence-corrected chi connectivity index (χ4v) is 2.93. The summed E-state index contributed by atoms with van der Waals surface area (Å²) in [5.74, 6) is -0.584. The van der Waals surface area contributed by atoms with Crippen LogP contribution >= 0.6 is 11.6 Å². The van der Waals surface area contributed by atoms with Crippen LogP contribution in [0.3, 0.4) is 0 Å². The molecule has 2 aromatic rings. The molecule has 8 heteroatoms. The van der Waals surface area contributed by atoms with Crippen molar-refractivity contribution in [2.75, 3.05) is 23.3 Å². The van der Waals surface area contributed by atoms with Gasteiger partial charge in [0.2, 0.25) is 0 Å². The molecule has 0 fully saturated rings. The number of anilines is 2. The van der Waals surface area contributed by atoms with Gasteiger partial charge in [-0.05, 0) is 18.2 Å². The molecule has 1 aliphatic rings. The topological polar surface area (TPSA) is 78.0 Å². The fraction of sp³-hybridized carbons (Fsp3) is 0.176. The normalized spacial score (nSPS) is 14.0. The summed E-state index contributed by atoms with van der Waals surface area (Å²) in [6, 6.07) is 3.89. The monoisotopic (exact) mass is 363 g/mol. The van der Waals surface area contributed by atoms with Gasteiger partial charge in [0.25, 0.3) is 0 Å². The minimum Gasteiger partial charge on any atom is -0.404 e. The van der Waals surface area contributed by atoms with Gasteiger partial charge in [0, 0.05) is 54.9 Å². The second-order valence-electron chi connectivity index (χ2n) is 5.53. The Labute approximate surface area is 148 Å². The van der Waals surface area contributed by atoms with Crippen molar-refractivity contribution in [3.8, 4) is 0 Å². The van der Waals surface area contributed by atoms with E-state index < -0.39 is 11.6 Å². The van der Waals surface area contributed by atoms with Gasteiger partial charge < -0.3 is 21.4 Å². The van der Waals surface area contributed by atoms with Crippen molar-refractivity contribution in [1.82, 2.24) is 4.98 Å². The Morgan fingerprint density at radius 2 is 2.16 bits per heavy atom. The highest BCUT2D eigenvalue weighted by atomic mass is 35.5. The molecule has 5 nitrogen and oxygen atoms in total. The zero-order valence-corrected chi connectivity index (χ0v) is 13.9.